The zero-order valence-electron chi connectivity index (χ0n) is 19.5. The predicted molar refractivity (Wildman–Crippen MR) is 127 cm³/mol. The van der Waals surface area contributed by atoms with Crippen molar-refractivity contribution in [2.24, 2.45) is 7.05 Å². The molecular formula is C23H26F3N5O3S. The number of alkyl halides is 2. The molecule has 188 valence electrons. The van der Waals surface area contributed by atoms with Crippen LogP contribution in [0.5, 0.6) is 0 Å². The van der Waals surface area contributed by atoms with Gasteiger partial charge >= 0.3 is 0 Å². The Labute approximate surface area is 200 Å². The Kier molecular flexibility index (Phi) is 6.62. The fourth-order valence-electron chi connectivity index (χ4n) is 4.54. The van der Waals surface area contributed by atoms with Crippen LogP contribution < -0.4 is 10.9 Å². The largest absolute Gasteiger partial charge is 0.373 e. The van der Waals surface area contributed by atoms with Crippen LogP contribution in [0.3, 0.4) is 0 Å². The van der Waals surface area contributed by atoms with Crippen LogP contribution in [0.1, 0.15) is 48.9 Å². The monoisotopic (exact) mass is 509 g/mol. The van der Waals surface area contributed by atoms with Gasteiger partial charge in [-0.2, -0.15) is 0 Å². The second-order valence-corrected chi connectivity index (χ2v) is 11.2. The van der Waals surface area contributed by atoms with Crippen molar-refractivity contribution in [3.8, 4) is 0 Å². The van der Waals surface area contributed by atoms with E-state index in [-0.39, 0.29) is 41.3 Å². The lowest BCUT2D eigenvalue weighted by Crippen LogP contribution is -2.43. The van der Waals surface area contributed by atoms with Gasteiger partial charge in [0.05, 0.1) is 28.2 Å². The first kappa shape index (κ1) is 25.1. The third kappa shape index (κ3) is 4.52. The van der Waals surface area contributed by atoms with Gasteiger partial charge in [0.25, 0.3) is 12.0 Å². The van der Waals surface area contributed by atoms with Gasteiger partial charge in [-0.15, -0.1) is 0 Å². The van der Waals surface area contributed by atoms with Crippen LogP contribution in [0.2, 0.25) is 0 Å². The van der Waals surface area contributed by atoms with Gasteiger partial charge < -0.3 is 10.1 Å². The van der Waals surface area contributed by atoms with Gasteiger partial charge in [0.2, 0.25) is 0 Å². The van der Waals surface area contributed by atoms with Crippen LogP contribution in [0, 0.1) is 10.6 Å². The molecule has 1 atom stereocenters. The summed E-state index contributed by atoms with van der Waals surface area (Å²) in [6.07, 6.45) is -1.21. The van der Waals surface area contributed by atoms with Crippen molar-refractivity contribution in [1.82, 2.24) is 14.5 Å². The number of halogens is 3. The highest BCUT2D eigenvalue weighted by Gasteiger charge is 2.40. The van der Waals surface area contributed by atoms with E-state index in [1.54, 1.807) is 20.0 Å². The number of rotatable bonds is 6. The Morgan fingerprint density at radius 2 is 1.89 bits per heavy atom. The number of aromatic nitrogens is 3. The Morgan fingerprint density at radius 1 is 1.23 bits per heavy atom. The van der Waals surface area contributed by atoms with E-state index in [4.69, 9.17) is 9.52 Å². The fourth-order valence-corrected chi connectivity index (χ4v) is 6.06. The predicted octanol–water partition coefficient (Wildman–Crippen LogP) is 4.26. The summed E-state index contributed by atoms with van der Waals surface area (Å²) in [5.41, 5.74) is -1.37. The minimum atomic E-state index is -2.95. The molecule has 0 radical (unpaired) electrons. The number of hydrogen-bond acceptors (Lipinski definition) is 7. The Balaban J connectivity index is 1.81. The molecule has 1 aliphatic rings. The molecule has 3 heterocycles. The third-order valence-electron chi connectivity index (χ3n) is 6.67. The maximum Gasteiger partial charge on any atom is 0.266 e. The second kappa shape index (κ2) is 9.23. The van der Waals surface area contributed by atoms with E-state index in [1.807, 2.05) is 0 Å². The van der Waals surface area contributed by atoms with E-state index in [0.717, 1.165) is 6.07 Å². The molecule has 1 fully saturated rings. The lowest BCUT2D eigenvalue weighted by molar-refractivity contribution is -0.0241. The minimum Gasteiger partial charge on any atom is -0.373 e. The van der Waals surface area contributed by atoms with E-state index in [2.05, 4.69) is 15.3 Å². The van der Waals surface area contributed by atoms with Crippen LogP contribution in [-0.2, 0) is 27.1 Å². The van der Waals surface area contributed by atoms with Crippen LogP contribution in [0.15, 0.2) is 35.4 Å². The van der Waals surface area contributed by atoms with Crippen molar-refractivity contribution < 1.29 is 22.1 Å². The van der Waals surface area contributed by atoms with Crippen molar-refractivity contribution in [3.05, 3.63) is 63.5 Å². The maximum atomic E-state index is 14.7. The molecule has 1 aromatic carbocycles. The van der Waals surface area contributed by atoms with Crippen LogP contribution >= 0.6 is 0 Å². The highest BCUT2D eigenvalue weighted by atomic mass is 32.2. The number of hydrogen-bond donors (Lipinski definition) is 2. The van der Waals surface area contributed by atoms with E-state index in [9.17, 15) is 22.2 Å². The smallest absolute Gasteiger partial charge is 0.266 e. The number of nitrogens with one attached hydrogen (secondary N) is 2. The van der Waals surface area contributed by atoms with Gasteiger partial charge in [-0.3, -0.25) is 14.1 Å². The number of pyridine rings is 1. The van der Waals surface area contributed by atoms with E-state index in [0.29, 0.717) is 16.6 Å². The molecule has 2 aromatic heterocycles. The molecule has 0 spiro atoms. The topological polar surface area (TPSA) is 110 Å². The van der Waals surface area contributed by atoms with Gasteiger partial charge in [0.15, 0.2) is 0 Å². The lowest BCUT2D eigenvalue weighted by atomic mass is 9.88. The van der Waals surface area contributed by atoms with E-state index >= 15 is 0 Å². The number of anilines is 1. The highest BCUT2D eigenvalue weighted by Crippen LogP contribution is 2.37. The summed E-state index contributed by atoms with van der Waals surface area (Å²) in [6.45, 7) is 1.62. The zero-order chi connectivity index (χ0) is 25.5. The molecule has 3 aromatic rings. The quantitative estimate of drug-likeness (QED) is 0.514. The molecule has 2 N–H and O–H groups in total. The molecular weight excluding hydrogens is 483 g/mol. The summed E-state index contributed by atoms with van der Waals surface area (Å²) in [5.74, 6) is -0.495. The molecule has 12 heteroatoms. The number of benzene rings is 1. The van der Waals surface area contributed by atoms with Gasteiger partial charge in [0, 0.05) is 41.0 Å². The van der Waals surface area contributed by atoms with Crippen molar-refractivity contribution >= 4 is 26.6 Å². The maximum absolute atomic E-state index is 14.7. The molecule has 0 aliphatic carbocycles. The van der Waals surface area contributed by atoms with Crippen molar-refractivity contribution in [3.63, 3.8) is 0 Å². The molecule has 0 amide bonds. The van der Waals surface area contributed by atoms with E-state index < -0.39 is 39.2 Å². The fraction of sp³-hybridized carbons (Fsp3) is 0.435. The number of methoxy groups -OCH3 is 1. The van der Waals surface area contributed by atoms with Crippen LogP contribution in [-0.4, -0.2) is 37.4 Å². The van der Waals surface area contributed by atoms with Gasteiger partial charge in [-0.25, -0.2) is 27.3 Å². The summed E-state index contributed by atoms with van der Waals surface area (Å²) in [4.78, 5) is 21.8. The van der Waals surface area contributed by atoms with Crippen molar-refractivity contribution in [2.75, 3.05) is 23.9 Å². The molecule has 1 saturated heterocycles. The molecule has 4 rings (SSSR count). The zero-order valence-corrected chi connectivity index (χ0v) is 20.3. The standard InChI is InChI=1S/C23H26F3N5O3S/c1-13(14-5-4-6-15(18(14)24)19(25)26)30-20-16-11-17(22(32)31(2)21(16)29-12-28-20)23(34-3)7-9-35(27,33)10-8-23/h4-6,11-13,19,27H,7-10H2,1-3H3,(H,28,29,30)/t13-,23?,35?/m1/s1. The van der Waals surface area contributed by atoms with Crippen molar-refractivity contribution in [2.45, 2.75) is 37.8 Å². The van der Waals surface area contributed by atoms with Crippen molar-refractivity contribution in [1.29, 1.82) is 4.78 Å². The number of aryl methyl sites for hydroxylation is 1. The Morgan fingerprint density at radius 3 is 2.51 bits per heavy atom. The first-order valence-corrected chi connectivity index (χ1v) is 12.9. The summed E-state index contributed by atoms with van der Waals surface area (Å²) in [7, 11) is 0.309. The normalized spacial score (nSPS) is 23.5. The number of nitrogens with zero attached hydrogens (tertiary/aromatic N) is 3. The summed E-state index contributed by atoms with van der Waals surface area (Å²) in [5, 5.41) is 3.51. The summed E-state index contributed by atoms with van der Waals surface area (Å²) in [6, 6.07) is 4.71. The molecule has 35 heavy (non-hydrogen) atoms. The van der Waals surface area contributed by atoms with Crippen LogP contribution in [0.25, 0.3) is 11.0 Å². The summed E-state index contributed by atoms with van der Waals surface area (Å²) < 4.78 is 68.3. The van der Waals surface area contributed by atoms with E-state index in [1.165, 1.54) is 30.1 Å². The summed E-state index contributed by atoms with van der Waals surface area (Å²) >= 11 is 0. The molecule has 0 bridgehead atoms. The lowest BCUT2D eigenvalue weighted by Gasteiger charge is -2.36. The average Bonchev–Trinajstić information content (AvgIpc) is 2.82. The molecule has 0 saturated carbocycles. The van der Waals surface area contributed by atoms with Gasteiger partial charge in [-0.1, -0.05) is 18.2 Å². The third-order valence-corrected chi connectivity index (χ3v) is 8.40. The number of ether oxygens (including phenoxy) is 1. The second-order valence-electron chi connectivity index (χ2n) is 8.72. The average molecular weight is 510 g/mol. The molecule has 8 nitrogen and oxygen atoms in total. The Bertz CT molecular complexity index is 1430. The van der Waals surface area contributed by atoms with Gasteiger partial charge in [-0.05, 0) is 25.8 Å². The van der Waals surface area contributed by atoms with Crippen LogP contribution in [0.4, 0.5) is 19.0 Å². The SMILES string of the molecule is COC1(c2cc3c(N[C@H](C)c4cccc(C(F)F)c4F)ncnc3n(C)c2=O)CCS(=N)(=O)CC1. The molecule has 0 unspecified atom stereocenters. The highest BCUT2D eigenvalue weighted by molar-refractivity contribution is 7.92. The number of fused-ring (bicyclic) bond motifs is 1. The minimum absolute atomic E-state index is 0.0467. The van der Waals surface area contributed by atoms with Gasteiger partial charge in [0.1, 0.15) is 23.6 Å². The first-order valence-electron chi connectivity index (χ1n) is 11.0. The Hall–Kier alpha value is -2.99. The first-order chi connectivity index (χ1) is 16.5. The molecule has 1 aliphatic heterocycles.